The van der Waals surface area contributed by atoms with Crippen molar-refractivity contribution in [1.29, 1.82) is 0 Å². The second-order valence-electron chi connectivity index (χ2n) is 6.77. The van der Waals surface area contributed by atoms with E-state index in [0.29, 0.717) is 25.3 Å². The number of carbonyl (C=O) groups is 2. The highest BCUT2D eigenvalue weighted by molar-refractivity contribution is 7.90. The summed E-state index contributed by atoms with van der Waals surface area (Å²) in [6.07, 6.45) is 5.37. The maximum absolute atomic E-state index is 12.3. The van der Waals surface area contributed by atoms with Crippen molar-refractivity contribution >= 4 is 21.9 Å². The Kier molecular flexibility index (Phi) is 6.02. The number of hydrogen-bond donors (Lipinski definition) is 2. The van der Waals surface area contributed by atoms with Gasteiger partial charge in [0.2, 0.25) is 15.9 Å². The molecule has 7 nitrogen and oxygen atoms in total. The quantitative estimate of drug-likeness (QED) is 0.771. The summed E-state index contributed by atoms with van der Waals surface area (Å²) < 4.78 is 27.0. The third-order valence-electron chi connectivity index (χ3n) is 4.78. The number of carboxylic acid groups (broad SMARTS) is 1. The summed E-state index contributed by atoms with van der Waals surface area (Å²) in [5.74, 6) is -1.73. The van der Waals surface area contributed by atoms with Gasteiger partial charge in [0, 0.05) is 12.6 Å². The van der Waals surface area contributed by atoms with Crippen molar-refractivity contribution in [3.05, 3.63) is 0 Å². The molecule has 1 aliphatic heterocycles. The van der Waals surface area contributed by atoms with Gasteiger partial charge in [-0.05, 0) is 50.9 Å². The molecular formula is C15H26N2O5S. The molecule has 1 saturated heterocycles. The SMILES string of the molecule is CC1CCC(NS(=O)(=O)CC(=O)N2CCCCC2C(=O)O)CC1. The molecule has 0 spiro atoms. The van der Waals surface area contributed by atoms with Gasteiger partial charge in [-0.1, -0.05) is 6.92 Å². The fourth-order valence-electron chi connectivity index (χ4n) is 3.41. The molecule has 1 atom stereocenters. The van der Waals surface area contributed by atoms with Crippen LogP contribution in [0.1, 0.15) is 51.9 Å². The topological polar surface area (TPSA) is 104 Å². The molecule has 0 aromatic rings. The lowest BCUT2D eigenvalue weighted by Crippen LogP contribution is -2.51. The number of carbonyl (C=O) groups excluding carboxylic acids is 1. The lowest BCUT2D eigenvalue weighted by Gasteiger charge is -2.33. The molecule has 1 aliphatic carbocycles. The van der Waals surface area contributed by atoms with Gasteiger partial charge < -0.3 is 10.0 Å². The molecule has 2 rings (SSSR count). The van der Waals surface area contributed by atoms with Crippen LogP contribution in [0.2, 0.25) is 0 Å². The van der Waals surface area contributed by atoms with Crippen LogP contribution in [0.5, 0.6) is 0 Å². The number of sulfonamides is 1. The number of nitrogens with one attached hydrogen (secondary N) is 1. The standard InChI is InChI=1S/C15H26N2O5S/c1-11-5-7-12(8-6-11)16-23(21,22)10-14(18)17-9-3-2-4-13(17)15(19)20/h11-13,16H,2-10H2,1H3,(H,19,20). The van der Waals surface area contributed by atoms with Crippen LogP contribution < -0.4 is 4.72 Å². The molecule has 1 heterocycles. The van der Waals surface area contributed by atoms with Gasteiger partial charge in [-0.15, -0.1) is 0 Å². The zero-order chi connectivity index (χ0) is 17.0. The van der Waals surface area contributed by atoms with Gasteiger partial charge in [-0.2, -0.15) is 0 Å². The monoisotopic (exact) mass is 346 g/mol. The first kappa shape index (κ1) is 18.2. The molecule has 1 saturated carbocycles. The zero-order valence-electron chi connectivity index (χ0n) is 13.5. The number of rotatable bonds is 5. The van der Waals surface area contributed by atoms with Crippen LogP contribution in [0, 0.1) is 5.92 Å². The van der Waals surface area contributed by atoms with Gasteiger partial charge in [-0.25, -0.2) is 17.9 Å². The number of aliphatic carboxylic acids is 1. The zero-order valence-corrected chi connectivity index (χ0v) is 14.3. The lowest BCUT2D eigenvalue weighted by molar-refractivity contribution is -0.151. The van der Waals surface area contributed by atoms with Crippen LogP contribution in [-0.2, 0) is 19.6 Å². The molecule has 1 unspecified atom stereocenters. The van der Waals surface area contributed by atoms with Gasteiger partial charge in [0.1, 0.15) is 11.8 Å². The van der Waals surface area contributed by atoms with Gasteiger partial charge in [0.15, 0.2) is 0 Å². The Hall–Kier alpha value is -1.15. The highest BCUT2D eigenvalue weighted by Gasteiger charge is 2.34. The fraction of sp³-hybridized carbons (Fsp3) is 0.867. The Morgan fingerprint density at radius 2 is 1.78 bits per heavy atom. The van der Waals surface area contributed by atoms with Crippen molar-refractivity contribution in [3.63, 3.8) is 0 Å². The van der Waals surface area contributed by atoms with Crippen molar-refractivity contribution in [2.75, 3.05) is 12.3 Å². The van der Waals surface area contributed by atoms with E-state index < -0.39 is 33.7 Å². The molecule has 8 heteroatoms. The van der Waals surface area contributed by atoms with E-state index in [-0.39, 0.29) is 6.04 Å². The van der Waals surface area contributed by atoms with Crippen LogP contribution in [0.3, 0.4) is 0 Å². The van der Waals surface area contributed by atoms with Gasteiger partial charge in [-0.3, -0.25) is 4.79 Å². The van der Waals surface area contributed by atoms with Crippen LogP contribution >= 0.6 is 0 Å². The van der Waals surface area contributed by atoms with Crippen molar-refractivity contribution in [2.45, 2.75) is 64.0 Å². The van der Waals surface area contributed by atoms with E-state index in [1.807, 2.05) is 0 Å². The highest BCUT2D eigenvalue weighted by Crippen LogP contribution is 2.24. The summed E-state index contributed by atoms with van der Waals surface area (Å²) in [6, 6.07) is -1.01. The van der Waals surface area contributed by atoms with E-state index >= 15 is 0 Å². The van der Waals surface area contributed by atoms with Crippen molar-refractivity contribution in [2.24, 2.45) is 5.92 Å². The average molecular weight is 346 g/mol. The molecule has 1 amide bonds. The number of nitrogens with zero attached hydrogens (tertiary/aromatic N) is 1. The number of carboxylic acids is 1. The Labute approximate surface area is 137 Å². The molecule has 2 fully saturated rings. The van der Waals surface area contributed by atoms with E-state index in [0.717, 1.165) is 32.1 Å². The summed E-state index contributed by atoms with van der Waals surface area (Å²) >= 11 is 0. The van der Waals surface area contributed by atoms with Crippen LogP contribution in [0.4, 0.5) is 0 Å². The Morgan fingerprint density at radius 3 is 2.39 bits per heavy atom. The minimum atomic E-state index is -3.73. The van der Waals surface area contributed by atoms with Gasteiger partial charge >= 0.3 is 5.97 Å². The van der Waals surface area contributed by atoms with Crippen molar-refractivity contribution in [1.82, 2.24) is 9.62 Å². The minimum absolute atomic E-state index is 0.111. The Bertz CT molecular complexity index is 540. The number of amides is 1. The minimum Gasteiger partial charge on any atom is -0.480 e. The van der Waals surface area contributed by atoms with Crippen LogP contribution in [0.15, 0.2) is 0 Å². The summed E-state index contributed by atoms with van der Waals surface area (Å²) in [7, 11) is -3.73. The fourth-order valence-corrected chi connectivity index (χ4v) is 4.72. The predicted molar refractivity (Wildman–Crippen MR) is 85.3 cm³/mol. The Morgan fingerprint density at radius 1 is 1.13 bits per heavy atom. The molecule has 2 N–H and O–H groups in total. The molecule has 23 heavy (non-hydrogen) atoms. The van der Waals surface area contributed by atoms with Crippen molar-refractivity contribution < 1.29 is 23.1 Å². The van der Waals surface area contributed by atoms with E-state index in [1.165, 1.54) is 4.90 Å². The first-order valence-electron chi connectivity index (χ1n) is 8.31. The molecule has 132 valence electrons. The third kappa shape index (κ3) is 5.17. The predicted octanol–water partition coefficient (Wildman–Crippen LogP) is 0.950. The van der Waals surface area contributed by atoms with E-state index in [9.17, 15) is 23.1 Å². The second-order valence-corrected chi connectivity index (χ2v) is 8.52. The summed E-state index contributed by atoms with van der Waals surface area (Å²) in [6.45, 7) is 2.46. The van der Waals surface area contributed by atoms with Crippen LogP contribution in [-0.4, -0.2) is 54.7 Å². The van der Waals surface area contributed by atoms with E-state index in [1.54, 1.807) is 0 Å². The molecule has 0 radical (unpaired) electrons. The maximum atomic E-state index is 12.3. The maximum Gasteiger partial charge on any atom is 0.326 e. The first-order chi connectivity index (χ1) is 10.8. The first-order valence-corrected chi connectivity index (χ1v) is 9.96. The number of piperidine rings is 1. The van der Waals surface area contributed by atoms with E-state index in [4.69, 9.17) is 0 Å². The van der Waals surface area contributed by atoms with Crippen molar-refractivity contribution in [3.8, 4) is 0 Å². The highest BCUT2D eigenvalue weighted by atomic mass is 32.2. The largest absolute Gasteiger partial charge is 0.480 e. The summed E-state index contributed by atoms with van der Waals surface area (Å²) in [5, 5.41) is 9.18. The summed E-state index contributed by atoms with van der Waals surface area (Å²) in [5.41, 5.74) is 0. The van der Waals surface area contributed by atoms with E-state index in [2.05, 4.69) is 11.6 Å². The molecule has 0 bridgehead atoms. The number of likely N-dealkylation sites (tertiary alicyclic amines) is 1. The lowest BCUT2D eigenvalue weighted by atomic mass is 9.88. The molecular weight excluding hydrogens is 320 g/mol. The van der Waals surface area contributed by atoms with Gasteiger partial charge in [0.05, 0.1) is 0 Å². The average Bonchev–Trinajstić information content (AvgIpc) is 2.49. The third-order valence-corrected chi connectivity index (χ3v) is 6.10. The molecule has 0 aromatic heterocycles. The smallest absolute Gasteiger partial charge is 0.326 e. The Balaban J connectivity index is 1.93. The molecule has 2 aliphatic rings. The van der Waals surface area contributed by atoms with Gasteiger partial charge in [0.25, 0.3) is 0 Å². The summed E-state index contributed by atoms with van der Waals surface area (Å²) in [4.78, 5) is 24.7. The second kappa shape index (κ2) is 7.61. The van der Waals surface area contributed by atoms with Crippen LogP contribution in [0.25, 0.3) is 0 Å². The normalized spacial score (nSPS) is 29.3. The molecule has 0 aromatic carbocycles. The number of hydrogen-bond acceptors (Lipinski definition) is 4.